The molecule has 1 rings (SSSR count). The lowest BCUT2D eigenvalue weighted by Gasteiger charge is -2.24. The van der Waals surface area contributed by atoms with Gasteiger partial charge in [0.2, 0.25) is 0 Å². The van der Waals surface area contributed by atoms with E-state index in [0.29, 0.717) is 0 Å². The number of rotatable bonds is 3. The molecule has 0 aliphatic heterocycles. The molecule has 3 nitrogen and oxygen atoms in total. The molecule has 0 amide bonds. The summed E-state index contributed by atoms with van der Waals surface area (Å²) in [6.07, 6.45) is -0.637. The van der Waals surface area contributed by atoms with Gasteiger partial charge in [0, 0.05) is 6.04 Å². The fraction of sp³-hybridized carbons (Fsp3) is 0.571. The molecule has 0 spiro atoms. The predicted molar refractivity (Wildman–Crippen MR) is 70.3 cm³/mol. The Kier molecular flexibility index (Phi) is 4.17. The van der Waals surface area contributed by atoms with Crippen LogP contribution < -0.4 is 10.5 Å². The molecule has 0 aliphatic rings. The van der Waals surface area contributed by atoms with Crippen LogP contribution in [0.2, 0.25) is 0 Å². The van der Waals surface area contributed by atoms with Gasteiger partial charge in [0.05, 0.1) is 13.2 Å². The second kappa shape index (κ2) is 5.07. The maximum atomic E-state index is 9.99. The zero-order chi connectivity index (χ0) is 13.2. The quantitative estimate of drug-likeness (QED) is 0.848. The van der Waals surface area contributed by atoms with Gasteiger partial charge < -0.3 is 15.6 Å². The first-order valence-corrected chi connectivity index (χ1v) is 5.89. The molecular formula is C14H23NO2. The van der Waals surface area contributed by atoms with Crippen molar-refractivity contribution in [2.75, 3.05) is 7.11 Å². The minimum Gasteiger partial charge on any atom is -0.496 e. The van der Waals surface area contributed by atoms with E-state index in [0.717, 1.165) is 16.9 Å². The molecule has 0 saturated heterocycles. The molecule has 0 radical (unpaired) electrons. The SMILES string of the molecule is COc1ccc(C(O)C(C)N)cc1C(C)(C)C. The second-order valence-corrected chi connectivity index (χ2v) is 5.51. The summed E-state index contributed by atoms with van der Waals surface area (Å²) in [6.45, 7) is 8.15. The van der Waals surface area contributed by atoms with Gasteiger partial charge in [0.1, 0.15) is 5.75 Å². The topological polar surface area (TPSA) is 55.5 Å². The van der Waals surface area contributed by atoms with Crippen molar-refractivity contribution in [3.05, 3.63) is 29.3 Å². The summed E-state index contributed by atoms with van der Waals surface area (Å²) >= 11 is 0. The van der Waals surface area contributed by atoms with Crippen LogP contribution in [0.5, 0.6) is 5.75 Å². The van der Waals surface area contributed by atoms with Gasteiger partial charge in [-0.25, -0.2) is 0 Å². The van der Waals surface area contributed by atoms with Crippen LogP contribution in [-0.4, -0.2) is 18.3 Å². The van der Waals surface area contributed by atoms with Gasteiger partial charge in [-0.15, -0.1) is 0 Å². The van der Waals surface area contributed by atoms with Crippen LogP contribution in [0.25, 0.3) is 0 Å². The van der Waals surface area contributed by atoms with Crippen molar-refractivity contribution in [2.24, 2.45) is 5.73 Å². The second-order valence-electron chi connectivity index (χ2n) is 5.51. The van der Waals surface area contributed by atoms with Crippen LogP contribution in [0.4, 0.5) is 0 Å². The van der Waals surface area contributed by atoms with Gasteiger partial charge in [-0.1, -0.05) is 26.8 Å². The summed E-state index contributed by atoms with van der Waals surface area (Å²) in [5.41, 5.74) is 7.61. The van der Waals surface area contributed by atoms with Crippen molar-refractivity contribution in [3.8, 4) is 5.75 Å². The summed E-state index contributed by atoms with van der Waals surface area (Å²) < 4.78 is 5.35. The number of methoxy groups -OCH3 is 1. The summed E-state index contributed by atoms with van der Waals surface area (Å²) in [4.78, 5) is 0. The number of benzene rings is 1. The molecule has 0 fully saturated rings. The van der Waals surface area contributed by atoms with Crippen LogP contribution in [-0.2, 0) is 5.41 Å². The molecule has 0 aromatic heterocycles. The first kappa shape index (κ1) is 14.0. The Morgan fingerprint density at radius 1 is 1.29 bits per heavy atom. The molecule has 96 valence electrons. The smallest absolute Gasteiger partial charge is 0.122 e. The molecule has 0 heterocycles. The molecular weight excluding hydrogens is 214 g/mol. The normalized spacial score (nSPS) is 15.5. The van der Waals surface area contributed by atoms with E-state index in [-0.39, 0.29) is 11.5 Å². The number of aliphatic hydroxyl groups excluding tert-OH is 1. The maximum absolute atomic E-state index is 9.99. The third-order valence-corrected chi connectivity index (χ3v) is 2.87. The van der Waals surface area contributed by atoms with E-state index in [2.05, 4.69) is 20.8 Å². The first-order chi connectivity index (χ1) is 7.77. The third-order valence-electron chi connectivity index (χ3n) is 2.87. The van der Waals surface area contributed by atoms with Crippen LogP contribution in [0, 0.1) is 0 Å². The number of aliphatic hydroxyl groups is 1. The zero-order valence-corrected chi connectivity index (χ0v) is 11.3. The van der Waals surface area contributed by atoms with Crippen molar-refractivity contribution in [1.82, 2.24) is 0 Å². The van der Waals surface area contributed by atoms with E-state index in [1.807, 2.05) is 18.2 Å². The number of nitrogens with two attached hydrogens (primary N) is 1. The van der Waals surface area contributed by atoms with E-state index < -0.39 is 6.10 Å². The van der Waals surface area contributed by atoms with E-state index in [9.17, 15) is 5.11 Å². The Morgan fingerprint density at radius 2 is 1.88 bits per heavy atom. The lowest BCUT2D eigenvalue weighted by Crippen LogP contribution is -2.25. The molecule has 2 atom stereocenters. The van der Waals surface area contributed by atoms with Gasteiger partial charge in [0.25, 0.3) is 0 Å². The fourth-order valence-corrected chi connectivity index (χ4v) is 1.80. The van der Waals surface area contributed by atoms with E-state index >= 15 is 0 Å². The number of hydrogen-bond acceptors (Lipinski definition) is 3. The van der Waals surface area contributed by atoms with E-state index in [1.54, 1.807) is 14.0 Å². The Bertz CT molecular complexity index is 380. The highest BCUT2D eigenvalue weighted by Gasteiger charge is 2.21. The van der Waals surface area contributed by atoms with Gasteiger partial charge >= 0.3 is 0 Å². The maximum Gasteiger partial charge on any atom is 0.122 e. The Hall–Kier alpha value is -1.06. The third kappa shape index (κ3) is 3.20. The highest BCUT2D eigenvalue weighted by molar-refractivity contribution is 5.42. The fourth-order valence-electron chi connectivity index (χ4n) is 1.80. The van der Waals surface area contributed by atoms with Crippen molar-refractivity contribution in [1.29, 1.82) is 0 Å². The Balaban J connectivity index is 3.23. The van der Waals surface area contributed by atoms with Gasteiger partial charge in [-0.2, -0.15) is 0 Å². The monoisotopic (exact) mass is 237 g/mol. The molecule has 0 aliphatic carbocycles. The summed E-state index contributed by atoms with van der Waals surface area (Å²) in [7, 11) is 1.66. The molecule has 3 N–H and O–H groups in total. The number of ether oxygens (including phenoxy) is 1. The zero-order valence-electron chi connectivity index (χ0n) is 11.3. The minimum atomic E-state index is -0.637. The lowest BCUT2D eigenvalue weighted by atomic mass is 9.84. The summed E-state index contributed by atoms with van der Waals surface area (Å²) in [5, 5.41) is 9.99. The van der Waals surface area contributed by atoms with Gasteiger partial charge in [0.15, 0.2) is 0 Å². The molecule has 1 aromatic carbocycles. The van der Waals surface area contributed by atoms with Gasteiger partial charge in [-0.3, -0.25) is 0 Å². The summed E-state index contributed by atoms with van der Waals surface area (Å²) in [6, 6.07) is 5.45. The van der Waals surface area contributed by atoms with Crippen molar-refractivity contribution in [2.45, 2.75) is 45.3 Å². The molecule has 2 unspecified atom stereocenters. The highest BCUT2D eigenvalue weighted by atomic mass is 16.5. The molecule has 1 aromatic rings. The average molecular weight is 237 g/mol. The molecule has 3 heteroatoms. The summed E-state index contributed by atoms with van der Waals surface area (Å²) in [5.74, 6) is 0.845. The Morgan fingerprint density at radius 3 is 2.29 bits per heavy atom. The Labute approximate surface area is 104 Å². The van der Waals surface area contributed by atoms with Crippen LogP contribution >= 0.6 is 0 Å². The molecule has 0 saturated carbocycles. The largest absolute Gasteiger partial charge is 0.496 e. The standard InChI is InChI=1S/C14H23NO2/c1-9(15)13(16)10-6-7-12(17-5)11(8-10)14(2,3)4/h6-9,13,16H,15H2,1-5H3. The van der Waals surface area contributed by atoms with Crippen molar-refractivity contribution in [3.63, 3.8) is 0 Å². The van der Waals surface area contributed by atoms with Gasteiger partial charge in [-0.05, 0) is 35.6 Å². The minimum absolute atomic E-state index is 0.0289. The molecule has 17 heavy (non-hydrogen) atoms. The number of hydrogen-bond donors (Lipinski definition) is 2. The van der Waals surface area contributed by atoms with Crippen LogP contribution in [0.3, 0.4) is 0 Å². The van der Waals surface area contributed by atoms with Crippen LogP contribution in [0.1, 0.15) is 44.9 Å². The van der Waals surface area contributed by atoms with Crippen molar-refractivity contribution < 1.29 is 9.84 Å². The van der Waals surface area contributed by atoms with E-state index in [1.165, 1.54) is 0 Å². The molecule has 0 bridgehead atoms. The predicted octanol–water partition coefficient (Wildman–Crippen LogP) is 2.37. The van der Waals surface area contributed by atoms with Crippen LogP contribution in [0.15, 0.2) is 18.2 Å². The first-order valence-electron chi connectivity index (χ1n) is 5.89. The highest BCUT2D eigenvalue weighted by Crippen LogP contribution is 2.33. The average Bonchev–Trinajstić information content (AvgIpc) is 2.25. The lowest BCUT2D eigenvalue weighted by molar-refractivity contribution is 0.153. The van der Waals surface area contributed by atoms with Crippen molar-refractivity contribution >= 4 is 0 Å². The van der Waals surface area contributed by atoms with E-state index in [4.69, 9.17) is 10.5 Å².